The molecule has 0 radical (unpaired) electrons. The Kier molecular flexibility index (Phi) is 8.75. The predicted molar refractivity (Wildman–Crippen MR) is 156 cm³/mol. The first-order valence-electron chi connectivity index (χ1n) is 13.3. The van der Waals surface area contributed by atoms with Gasteiger partial charge in [0, 0.05) is 56.4 Å². The van der Waals surface area contributed by atoms with Crippen LogP contribution in [0.25, 0.3) is 10.6 Å². The number of nitrogens with zero attached hydrogens (tertiary/aromatic N) is 5. The lowest BCUT2D eigenvalue weighted by atomic mass is 10.1. The number of piperazine rings is 1. The van der Waals surface area contributed by atoms with Gasteiger partial charge >= 0.3 is 0 Å². The van der Waals surface area contributed by atoms with Crippen molar-refractivity contribution in [2.75, 3.05) is 51.6 Å². The summed E-state index contributed by atoms with van der Waals surface area (Å²) in [5, 5.41) is 12.2. The van der Waals surface area contributed by atoms with E-state index in [1.54, 1.807) is 48.0 Å². The van der Waals surface area contributed by atoms with E-state index in [4.69, 9.17) is 4.98 Å². The van der Waals surface area contributed by atoms with Gasteiger partial charge < -0.3 is 15.3 Å². The number of piperidine rings is 1. The Morgan fingerprint density at radius 2 is 1.79 bits per heavy atom. The Labute approximate surface area is 234 Å². The smallest absolute Gasteiger partial charge is 0.198 e. The molecule has 11 heteroatoms. The third kappa shape index (κ3) is 6.74. The van der Waals surface area contributed by atoms with Gasteiger partial charge in [0.05, 0.1) is 28.3 Å². The molecule has 0 bridgehead atoms. The molecule has 2 saturated heterocycles. The number of likely N-dealkylation sites (tertiary alicyclic amines) is 1. The largest absolute Gasteiger partial charge is 0.393 e. The molecule has 1 atom stereocenters. The molecule has 2 fully saturated rings. The molecular formula is C28H36N6O3S2. The highest BCUT2D eigenvalue weighted by Gasteiger charge is 2.32. The van der Waals surface area contributed by atoms with E-state index in [1.165, 1.54) is 11.0 Å². The lowest BCUT2D eigenvalue weighted by Crippen LogP contribution is -2.50. The number of aliphatic hydroxyl groups is 1. The molecule has 4 heterocycles. The minimum Gasteiger partial charge on any atom is -0.393 e. The highest BCUT2D eigenvalue weighted by atomic mass is 32.2. The second-order valence-electron chi connectivity index (χ2n) is 10.2. The molecule has 0 aliphatic carbocycles. The maximum atomic E-state index is 13.4. The summed E-state index contributed by atoms with van der Waals surface area (Å²) in [7, 11) is -1.55. The van der Waals surface area contributed by atoms with Gasteiger partial charge in [-0.3, -0.25) is 14.8 Å². The molecule has 9 nitrogen and oxygen atoms in total. The van der Waals surface area contributed by atoms with Crippen molar-refractivity contribution in [2.45, 2.75) is 35.8 Å². The first-order chi connectivity index (χ1) is 18.8. The molecule has 0 saturated carbocycles. The summed E-state index contributed by atoms with van der Waals surface area (Å²) in [6.45, 7) is 9.56. The van der Waals surface area contributed by atoms with Crippen LogP contribution in [0.3, 0.4) is 0 Å². The van der Waals surface area contributed by atoms with E-state index < -0.39 is 15.2 Å². The number of likely N-dealkylation sites (N-methyl/N-ethyl adjacent to an activating group) is 1. The van der Waals surface area contributed by atoms with Crippen LogP contribution in [0, 0.1) is 0 Å². The van der Waals surface area contributed by atoms with Crippen LogP contribution in [-0.2, 0) is 16.4 Å². The Morgan fingerprint density at radius 1 is 1.08 bits per heavy atom. The Balaban J connectivity index is 1.24. The molecule has 0 amide bonds. The van der Waals surface area contributed by atoms with Crippen molar-refractivity contribution in [2.24, 2.45) is 0 Å². The molecule has 2 N–H and O–H groups in total. The van der Waals surface area contributed by atoms with Crippen LogP contribution in [0.1, 0.15) is 17.7 Å². The summed E-state index contributed by atoms with van der Waals surface area (Å²) < 4.78 is 26.8. The zero-order valence-electron chi connectivity index (χ0n) is 22.2. The molecule has 208 valence electrons. The van der Waals surface area contributed by atoms with Crippen LogP contribution in [-0.4, -0.2) is 96.0 Å². The van der Waals surface area contributed by atoms with Crippen LogP contribution < -0.4 is 5.32 Å². The van der Waals surface area contributed by atoms with Gasteiger partial charge in [-0.2, -0.15) is 0 Å². The number of aromatic nitrogens is 2. The maximum Gasteiger partial charge on any atom is 0.198 e. The minimum atomic E-state index is -3.59. The van der Waals surface area contributed by atoms with Crippen molar-refractivity contribution >= 4 is 32.7 Å². The van der Waals surface area contributed by atoms with E-state index in [-0.39, 0.29) is 11.0 Å². The molecule has 5 rings (SSSR count). The number of thiophene rings is 1. The lowest BCUT2D eigenvalue weighted by Gasteiger charge is -2.36. The van der Waals surface area contributed by atoms with E-state index in [1.807, 2.05) is 11.9 Å². The summed E-state index contributed by atoms with van der Waals surface area (Å²) in [6.07, 6.45) is 6.42. The zero-order valence-corrected chi connectivity index (χ0v) is 23.9. The van der Waals surface area contributed by atoms with Gasteiger partial charge in [-0.05, 0) is 56.3 Å². The average molecular weight is 569 g/mol. The van der Waals surface area contributed by atoms with Crippen molar-refractivity contribution in [3.05, 3.63) is 66.3 Å². The monoisotopic (exact) mass is 568 g/mol. The van der Waals surface area contributed by atoms with Gasteiger partial charge in [0.2, 0.25) is 0 Å². The van der Waals surface area contributed by atoms with Gasteiger partial charge in [-0.15, -0.1) is 17.9 Å². The van der Waals surface area contributed by atoms with E-state index in [0.717, 1.165) is 61.8 Å². The van der Waals surface area contributed by atoms with Crippen LogP contribution >= 0.6 is 11.3 Å². The van der Waals surface area contributed by atoms with E-state index in [2.05, 4.69) is 38.8 Å². The number of hydrogen-bond acceptors (Lipinski definition) is 10. The Bertz CT molecular complexity index is 1360. The number of anilines is 2. The van der Waals surface area contributed by atoms with E-state index >= 15 is 0 Å². The van der Waals surface area contributed by atoms with Crippen molar-refractivity contribution in [1.82, 2.24) is 24.7 Å². The molecular weight excluding hydrogens is 532 g/mol. The maximum absolute atomic E-state index is 13.4. The van der Waals surface area contributed by atoms with Gasteiger partial charge in [0.25, 0.3) is 0 Å². The lowest BCUT2D eigenvalue weighted by molar-refractivity contribution is 0.0797. The first-order valence-corrected chi connectivity index (χ1v) is 15.7. The van der Waals surface area contributed by atoms with Crippen molar-refractivity contribution < 1.29 is 13.5 Å². The quantitative estimate of drug-likeness (QED) is 0.376. The third-order valence-corrected chi connectivity index (χ3v) is 10.5. The number of benzene rings is 1. The summed E-state index contributed by atoms with van der Waals surface area (Å²) >= 11 is 1.70. The zero-order chi connectivity index (χ0) is 27.4. The van der Waals surface area contributed by atoms with E-state index in [9.17, 15) is 13.5 Å². The van der Waals surface area contributed by atoms with E-state index in [0.29, 0.717) is 18.9 Å². The summed E-state index contributed by atoms with van der Waals surface area (Å²) in [5.41, 5.74) is 1.51. The topological polar surface area (TPSA) is 102 Å². The SMILES string of the molecule is C=CC(N1CCN(C)CC1)S(=O)(=O)c1ccc(Nc2cncc(-c3ccc(CN4CCC(O)CC4)s3)n2)cc1. The van der Waals surface area contributed by atoms with Gasteiger partial charge in [0.15, 0.2) is 9.84 Å². The van der Waals surface area contributed by atoms with Gasteiger partial charge in [-0.25, -0.2) is 13.4 Å². The number of aliphatic hydroxyl groups excluding tert-OH is 1. The summed E-state index contributed by atoms with van der Waals surface area (Å²) in [6, 6.07) is 11.0. The molecule has 0 spiro atoms. The Hall–Kier alpha value is -2.67. The standard InChI is InChI=1S/C28H36N6O3S2/c1-3-28(34-16-14-32(2)15-17-34)39(36,37)24-7-4-21(5-8-24)30-27-19-29-18-25(31-27)26-9-6-23(38-26)20-33-12-10-22(35)11-13-33/h3-9,18-19,22,28,35H,1,10-17,20H2,2H3,(H,30,31). The molecule has 2 aromatic heterocycles. The van der Waals surface area contributed by atoms with Crippen LogP contribution in [0.2, 0.25) is 0 Å². The number of nitrogens with one attached hydrogen (secondary N) is 1. The number of sulfone groups is 1. The molecule has 3 aromatic rings. The number of rotatable bonds is 9. The fourth-order valence-corrected chi connectivity index (χ4v) is 7.66. The Morgan fingerprint density at radius 3 is 2.49 bits per heavy atom. The molecule has 39 heavy (non-hydrogen) atoms. The van der Waals surface area contributed by atoms with Crippen LogP contribution in [0.4, 0.5) is 11.5 Å². The predicted octanol–water partition coefficient (Wildman–Crippen LogP) is 3.44. The minimum absolute atomic E-state index is 0.169. The second kappa shape index (κ2) is 12.2. The van der Waals surface area contributed by atoms with Gasteiger partial charge in [-0.1, -0.05) is 6.08 Å². The molecule has 1 unspecified atom stereocenters. The van der Waals surface area contributed by atoms with Crippen molar-refractivity contribution in [1.29, 1.82) is 0 Å². The summed E-state index contributed by atoms with van der Waals surface area (Å²) in [4.78, 5) is 18.2. The molecule has 2 aliphatic heterocycles. The number of hydrogen-bond donors (Lipinski definition) is 2. The highest BCUT2D eigenvalue weighted by Crippen LogP contribution is 2.29. The fraction of sp³-hybridized carbons (Fsp3) is 0.429. The fourth-order valence-electron chi connectivity index (χ4n) is 5.01. The highest BCUT2D eigenvalue weighted by molar-refractivity contribution is 7.92. The van der Waals surface area contributed by atoms with Gasteiger partial charge in [0.1, 0.15) is 16.9 Å². The normalized spacial score (nSPS) is 19.1. The van der Waals surface area contributed by atoms with Crippen molar-refractivity contribution in [3.63, 3.8) is 0 Å². The first kappa shape index (κ1) is 27.9. The van der Waals surface area contributed by atoms with Crippen LogP contribution in [0.5, 0.6) is 0 Å². The third-order valence-electron chi connectivity index (χ3n) is 7.36. The van der Waals surface area contributed by atoms with Crippen molar-refractivity contribution in [3.8, 4) is 10.6 Å². The summed E-state index contributed by atoms with van der Waals surface area (Å²) in [5.74, 6) is 0.587. The molecule has 1 aromatic carbocycles. The molecule has 2 aliphatic rings. The average Bonchev–Trinajstić information content (AvgIpc) is 3.40. The van der Waals surface area contributed by atoms with Crippen LogP contribution in [0.15, 0.2) is 66.3 Å². The second-order valence-corrected chi connectivity index (χ2v) is 13.4.